The van der Waals surface area contributed by atoms with E-state index in [9.17, 15) is 14.9 Å². The number of hydrogen-bond acceptors (Lipinski definition) is 5. The maximum absolute atomic E-state index is 11.6. The van der Waals surface area contributed by atoms with Gasteiger partial charge in [0, 0.05) is 17.8 Å². The fourth-order valence-electron chi connectivity index (χ4n) is 1.39. The van der Waals surface area contributed by atoms with Gasteiger partial charge in [0.25, 0.3) is 5.69 Å². The van der Waals surface area contributed by atoms with Gasteiger partial charge in [0.05, 0.1) is 11.3 Å². The minimum Gasteiger partial charge on any atom is -0.460 e. The molecule has 0 fully saturated rings. The van der Waals surface area contributed by atoms with E-state index >= 15 is 0 Å². The Morgan fingerprint density at radius 3 is 2.56 bits per heavy atom. The number of carbonyl (C=O) groups is 1. The topological polar surface area (TPSA) is 95.5 Å². The number of non-ortho nitro benzene ring substituents is 1. The molecule has 6 nitrogen and oxygen atoms in total. The summed E-state index contributed by atoms with van der Waals surface area (Å²) < 4.78 is 5.13. The molecular weight excluding hydrogens is 236 g/mol. The van der Waals surface area contributed by atoms with Gasteiger partial charge in [-0.15, -0.1) is 0 Å². The van der Waals surface area contributed by atoms with Crippen LogP contribution in [0.25, 0.3) is 0 Å². The maximum atomic E-state index is 11.6. The third-order valence-corrected chi connectivity index (χ3v) is 2.09. The predicted octanol–water partition coefficient (Wildman–Crippen LogP) is 2.06. The highest BCUT2D eigenvalue weighted by molar-refractivity contribution is 5.75. The molecule has 0 spiro atoms. The molecule has 18 heavy (non-hydrogen) atoms. The molecule has 0 unspecified atom stereocenters. The number of nitro groups is 1. The zero-order chi connectivity index (χ0) is 13.9. The zero-order valence-corrected chi connectivity index (χ0v) is 10.6. The van der Waals surface area contributed by atoms with E-state index in [0.29, 0.717) is 11.3 Å². The molecule has 0 heterocycles. The van der Waals surface area contributed by atoms with Crippen molar-refractivity contribution in [3.8, 4) is 0 Å². The first-order chi connectivity index (χ1) is 8.19. The Morgan fingerprint density at radius 1 is 1.44 bits per heavy atom. The minimum absolute atomic E-state index is 0.0786. The van der Waals surface area contributed by atoms with Crippen LogP contribution in [-0.2, 0) is 16.0 Å². The Morgan fingerprint density at radius 2 is 2.06 bits per heavy atom. The monoisotopic (exact) mass is 252 g/mol. The second-order valence-corrected chi connectivity index (χ2v) is 4.90. The summed E-state index contributed by atoms with van der Waals surface area (Å²) in [6.45, 7) is 5.26. The van der Waals surface area contributed by atoms with Crippen LogP contribution in [0.15, 0.2) is 18.2 Å². The Kier molecular flexibility index (Phi) is 3.90. The van der Waals surface area contributed by atoms with Crippen molar-refractivity contribution in [3.05, 3.63) is 33.9 Å². The number of carbonyl (C=O) groups excluding carboxylic acids is 1. The maximum Gasteiger partial charge on any atom is 0.310 e. The Hall–Kier alpha value is -2.11. The lowest BCUT2D eigenvalue weighted by atomic mass is 10.1. The lowest BCUT2D eigenvalue weighted by molar-refractivity contribution is -0.384. The Labute approximate surface area is 105 Å². The summed E-state index contributed by atoms with van der Waals surface area (Å²) in [5, 5.41) is 10.6. The van der Waals surface area contributed by atoms with E-state index in [4.69, 9.17) is 10.5 Å². The van der Waals surface area contributed by atoms with Crippen molar-refractivity contribution < 1.29 is 14.5 Å². The van der Waals surface area contributed by atoms with Crippen LogP contribution in [0.4, 0.5) is 11.4 Å². The first-order valence-corrected chi connectivity index (χ1v) is 5.43. The molecular formula is C12H16N2O4. The summed E-state index contributed by atoms with van der Waals surface area (Å²) in [4.78, 5) is 21.7. The lowest BCUT2D eigenvalue weighted by Crippen LogP contribution is -2.25. The van der Waals surface area contributed by atoms with Gasteiger partial charge in [-0.3, -0.25) is 14.9 Å². The molecule has 0 amide bonds. The minimum atomic E-state index is -0.591. The third kappa shape index (κ3) is 4.04. The molecule has 2 N–H and O–H groups in total. The summed E-state index contributed by atoms with van der Waals surface area (Å²) in [5.41, 5.74) is 5.73. The molecule has 0 aliphatic heterocycles. The van der Waals surface area contributed by atoms with Crippen LogP contribution in [0.5, 0.6) is 0 Å². The van der Waals surface area contributed by atoms with Crippen LogP contribution in [0.2, 0.25) is 0 Å². The van der Waals surface area contributed by atoms with E-state index in [1.165, 1.54) is 18.2 Å². The molecule has 1 aromatic rings. The zero-order valence-electron chi connectivity index (χ0n) is 10.6. The SMILES string of the molecule is CC(C)(C)OC(=O)Cc1cc([N+](=O)[O-])ccc1N. The quantitative estimate of drug-likeness (QED) is 0.384. The van der Waals surface area contributed by atoms with Gasteiger partial charge in [-0.1, -0.05) is 0 Å². The van der Waals surface area contributed by atoms with E-state index < -0.39 is 16.5 Å². The fraction of sp³-hybridized carbons (Fsp3) is 0.417. The standard InChI is InChI=1S/C12H16N2O4/c1-12(2,3)18-11(15)7-8-6-9(14(16)17)4-5-10(8)13/h4-6H,7,13H2,1-3H3. The average molecular weight is 252 g/mol. The molecule has 0 aromatic heterocycles. The molecule has 0 saturated heterocycles. The molecule has 0 saturated carbocycles. The molecule has 0 bridgehead atoms. The first kappa shape index (κ1) is 14.0. The normalized spacial score (nSPS) is 11.1. The third-order valence-electron chi connectivity index (χ3n) is 2.09. The number of ether oxygens (including phenoxy) is 1. The summed E-state index contributed by atoms with van der Waals surface area (Å²) in [6.07, 6.45) is -0.0786. The molecule has 0 radical (unpaired) electrons. The van der Waals surface area contributed by atoms with Crippen LogP contribution < -0.4 is 5.73 Å². The number of hydrogen-bond donors (Lipinski definition) is 1. The van der Waals surface area contributed by atoms with Crippen molar-refractivity contribution in [1.29, 1.82) is 0 Å². The highest BCUT2D eigenvalue weighted by Crippen LogP contribution is 2.21. The highest BCUT2D eigenvalue weighted by Gasteiger charge is 2.18. The number of esters is 1. The smallest absolute Gasteiger partial charge is 0.310 e. The van der Waals surface area contributed by atoms with Gasteiger partial charge in [0.2, 0.25) is 0 Å². The second kappa shape index (κ2) is 5.03. The summed E-state index contributed by atoms with van der Waals surface area (Å²) in [7, 11) is 0. The van der Waals surface area contributed by atoms with Gasteiger partial charge in [0.15, 0.2) is 0 Å². The number of benzene rings is 1. The van der Waals surface area contributed by atoms with E-state index in [0.717, 1.165) is 0 Å². The predicted molar refractivity (Wildman–Crippen MR) is 67.1 cm³/mol. The Balaban J connectivity index is 2.87. The molecule has 1 rings (SSSR count). The number of nitrogens with two attached hydrogens (primary N) is 1. The molecule has 98 valence electrons. The van der Waals surface area contributed by atoms with Crippen LogP contribution in [-0.4, -0.2) is 16.5 Å². The first-order valence-electron chi connectivity index (χ1n) is 5.43. The van der Waals surface area contributed by atoms with Gasteiger partial charge in [-0.05, 0) is 32.4 Å². The van der Waals surface area contributed by atoms with Crippen molar-refractivity contribution in [2.24, 2.45) is 0 Å². The number of nitrogen functional groups attached to an aromatic ring is 1. The van der Waals surface area contributed by atoms with Crippen LogP contribution in [0.1, 0.15) is 26.3 Å². The molecule has 1 aromatic carbocycles. The van der Waals surface area contributed by atoms with Crippen molar-refractivity contribution in [2.75, 3.05) is 5.73 Å². The van der Waals surface area contributed by atoms with E-state index in [1.807, 2.05) is 0 Å². The van der Waals surface area contributed by atoms with Gasteiger partial charge < -0.3 is 10.5 Å². The fourth-order valence-corrected chi connectivity index (χ4v) is 1.39. The van der Waals surface area contributed by atoms with Gasteiger partial charge in [-0.25, -0.2) is 0 Å². The second-order valence-electron chi connectivity index (χ2n) is 4.90. The molecule has 0 aliphatic carbocycles. The number of nitrogens with zero attached hydrogens (tertiary/aromatic N) is 1. The van der Waals surface area contributed by atoms with Crippen molar-refractivity contribution in [1.82, 2.24) is 0 Å². The molecule has 0 atom stereocenters. The van der Waals surface area contributed by atoms with Crippen LogP contribution in [0.3, 0.4) is 0 Å². The van der Waals surface area contributed by atoms with Crippen molar-refractivity contribution in [2.45, 2.75) is 32.8 Å². The lowest BCUT2D eigenvalue weighted by Gasteiger charge is -2.19. The average Bonchev–Trinajstić information content (AvgIpc) is 2.18. The highest BCUT2D eigenvalue weighted by atomic mass is 16.6. The summed E-state index contributed by atoms with van der Waals surface area (Å²) in [6, 6.07) is 4.00. The Bertz CT molecular complexity index is 477. The van der Waals surface area contributed by atoms with Gasteiger partial charge in [-0.2, -0.15) is 0 Å². The van der Waals surface area contributed by atoms with Crippen LogP contribution >= 0.6 is 0 Å². The van der Waals surface area contributed by atoms with Gasteiger partial charge >= 0.3 is 5.97 Å². The summed E-state index contributed by atoms with van der Waals surface area (Å²) in [5.74, 6) is -0.463. The van der Waals surface area contributed by atoms with Crippen LogP contribution in [0, 0.1) is 10.1 Å². The number of anilines is 1. The van der Waals surface area contributed by atoms with E-state index in [2.05, 4.69) is 0 Å². The number of rotatable bonds is 3. The molecule has 6 heteroatoms. The van der Waals surface area contributed by atoms with Crippen molar-refractivity contribution in [3.63, 3.8) is 0 Å². The molecule has 0 aliphatic rings. The van der Waals surface area contributed by atoms with Crippen molar-refractivity contribution >= 4 is 17.3 Å². The van der Waals surface area contributed by atoms with E-state index in [-0.39, 0.29) is 12.1 Å². The largest absolute Gasteiger partial charge is 0.460 e. The van der Waals surface area contributed by atoms with E-state index in [1.54, 1.807) is 20.8 Å². The summed E-state index contributed by atoms with van der Waals surface area (Å²) >= 11 is 0. The van der Waals surface area contributed by atoms with Gasteiger partial charge in [0.1, 0.15) is 5.60 Å². The number of nitro benzene ring substituents is 1.